The lowest BCUT2D eigenvalue weighted by Crippen LogP contribution is -2.16. The number of hydrogen-bond donors (Lipinski definition) is 2. The highest BCUT2D eigenvalue weighted by Gasteiger charge is 1.93. The average Bonchev–Trinajstić information content (AvgIpc) is 1.83. The summed E-state index contributed by atoms with van der Waals surface area (Å²) in [6, 6.07) is 0. The van der Waals surface area contributed by atoms with Gasteiger partial charge in [0.2, 0.25) is 5.91 Å². The van der Waals surface area contributed by atoms with Crippen LogP contribution in [0.15, 0.2) is 0 Å². The van der Waals surface area contributed by atoms with E-state index in [-0.39, 0.29) is 5.91 Å². The number of halogens is 2. The fourth-order valence-corrected chi connectivity index (χ4v) is 0.747. The van der Waals surface area contributed by atoms with Gasteiger partial charge in [-0.05, 0) is 0 Å². The van der Waals surface area contributed by atoms with Crippen molar-refractivity contribution >= 4 is 51.6 Å². The molecule has 0 radical (unpaired) electrons. The monoisotopic (exact) mass is 340 g/mol. The number of carbonyl (C=O) groups is 1. The molecule has 0 bridgehead atoms. The first-order valence-corrected chi connectivity index (χ1v) is 4.20. The standard InChI is InChI=1S/C3H6I2N2O/c4-6-2-1-3(8)7-5/h6H,1-2H2,(H,7,8). The van der Waals surface area contributed by atoms with Crippen LogP contribution in [0.2, 0.25) is 0 Å². The van der Waals surface area contributed by atoms with Crippen molar-refractivity contribution in [3.05, 3.63) is 0 Å². The molecule has 0 aliphatic carbocycles. The first-order valence-electron chi connectivity index (χ1n) is 2.04. The van der Waals surface area contributed by atoms with Crippen molar-refractivity contribution < 1.29 is 4.79 Å². The number of carbonyl (C=O) groups excluding carboxylic acids is 1. The fraction of sp³-hybridized carbons (Fsp3) is 0.667. The summed E-state index contributed by atoms with van der Waals surface area (Å²) in [6.07, 6.45) is 0.547. The lowest BCUT2D eigenvalue weighted by atomic mass is 10.4. The van der Waals surface area contributed by atoms with Gasteiger partial charge in [0, 0.05) is 35.8 Å². The number of hydrogen-bond acceptors (Lipinski definition) is 2. The molecule has 0 saturated heterocycles. The maximum absolute atomic E-state index is 10.4. The minimum absolute atomic E-state index is 0.0646. The third kappa shape index (κ3) is 5.04. The van der Waals surface area contributed by atoms with Crippen LogP contribution in [-0.4, -0.2) is 12.5 Å². The summed E-state index contributed by atoms with van der Waals surface area (Å²) in [5.74, 6) is 0.0646. The minimum Gasteiger partial charge on any atom is -0.299 e. The van der Waals surface area contributed by atoms with Crippen LogP contribution in [0.25, 0.3) is 0 Å². The number of nitrogens with one attached hydrogen (secondary N) is 2. The minimum atomic E-state index is 0.0646. The second-order valence-electron chi connectivity index (χ2n) is 1.15. The molecule has 0 aliphatic rings. The van der Waals surface area contributed by atoms with Gasteiger partial charge >= 0.3 is 0 Å². The van der Waals surface area contributed by atoms with Gasteiger partial charge in [-0.1, -0.05) is 0 Å². The summed E-state index contributed by atoms with van der Waals surface area (Å²) in [5, 5.41) is 0. The van der Waals surface area contributed by atoms with Gasteiger partial charge in [0.25, 0.3) is 0 Å². The predicted octanol–water partition coefficient (Wildman–Crippen LogP) is 0.782. The van der Waals surface area contributed by atoms with Crippen LogP contribution in [0.1, 0.15) is 6.42 Å². The molecule has 0 fully saturated rings. The molecule has 0 aromatic carbocycles. The predicted molar refractivity (Wildman–Crippen MR) is 48.8 cm³/mol. The van der Waals surface area contributed by atoms with E-state index >= 15 is 0 Å². The van der Waals surface area contributed by atoms with Crippen LogP contribution >= 0.6 is 45.7 Å². The lowest BCUT2D eigenvalue weighted by Gasteiger charge is -1.93. The lowest BCUT2D eigenvalue weighted by molar-refractivity contribution is -0.118. The molecule has 0 saturated carbocycles. The first kappa shape index (κ1) is 8.89. The largest absolute Gasteiger partial charge is 0.299 e. The van der Waals surface area contributed by atoms with E-state index in [2.05, 4.69) is 7.06 Å². The average molecular weight is 340 g/mol. The normalized spacial score (nSPS) is 8.75. The van der Waals surface area contributed by atoms with Gasteiger partial charge in [-0.15, -0.1) is 0 Å². The van der Waals surface area contributed by atoms with Crippen molar-refractivity contribution in [1.29, 1.82) is 0 Å². The Morgan fingerprint density at radius 1 is 1.50 bits per heavy atom. The van der Waals surface area contributed by atoms with Gasteiger partial charge in [-0.25, -0.2) is 0 Å². The summed E-state index contributed by atoms with van der Waals surface area (Å²) in [5.41, 5.74) is 0. The van der Waals surface area contributed by atoms with Crippen LogP contribution in [-0.2, 0) is 4.79 Å². The van der Waals surface area contributed by atoms with E-state index in [1.165, 1.54) is 0 Å². The van der Waals surface area contributed by atoms with Gasteiger partial charge < -0.3 is 0 Å². The van der Waals surface area contributed by atoms with Gasteiger partial charge in [-0.2, -0.15) is 0 Å². The second kappa shape index (κ2) is 6.02. The Morgan fingerprint density at radius 3 is 2.50 bits per heavy atom. The summed E-state index contributed by atoms with van der Waals surface area (Å²) in [4.78, 5) is 10.4. The zero-order chi connectivity index (χ0) is 6.41. The molecule has 0 aromatic heterocycles. The van der Waals surface area contributed by atoms with Gasteiger partial charge in [0.05, 0.1) is 22.9 Å². The molecule has 2 N–H and O–H groups in total. The Labute approximate surface area is 76.0 Å². The Hall–Kier alpha value is 0.890. The highest BCUT2D eigenvalue weighted by atomic mass is 127. The molecule has 0 unspecified atom stereocenters. The van der Waals surface area contributed by atoms with Crippen molar-refractivity contribution in [2.75, 3.05) is 6.54 Å². The summed E-state index contributed by atoms with van der Waals surface area (Å²) in [7, 11) is 0. The molecular formula is C3H6I2N2O. The Kier molecular flexibility index (Phi) is 6.69. The molecule has 5 heteroatoms. The number of rotatable bonds is 3. The fourth-order valence-electron chi connectivity index (χ4n) is 0.208. The third-order valence-electron chi connectivity index (χ3n) is 0.552. The van der Waals surface area contributed by atoms with Crippen LogP contribution < -0.4 is 7.06 Å². The molecule has 1 amide bonds. The third-order valence-corrected chi connectivity index (χ3v) is 1.69. The van der Waals surface area contributed by atoms with Crippen LogP contribution in [0.5, 0.6) is 0 Å². The summed E-state index contributed by atoms with van der Waals surface area (Å²) in [6.45, 7) is 0.732. The zero-order valence-electron chi connectivity index (χ0n) is 4.08. The van der Waals surface area contributed by atoms with Crippen molar-refractivity contribution in [3.8, 4) is 0 Å². The van der Waals surface area contributed by atoms with Gasteiger partial charge in [0.1, 0.15) is 0 Å². The molecule has 0 aromatic rings. The summed E-state index contributed by atoms with van der Waals surface area (Å²) < 4.78 is 5.33. The highest BCUT2D eigenvalue weighted by Crippen LogP contribution is 1.81. The van der Waals surface area contributed by atoms with E-state index in [1.807, 2.05) is 45.7 Å². The first-order chi connectivity index (χ1) is 3.81. The molecule has 0 atom stereocenters. The molecule has 0 spiro atoms. The van der Waals surface area contributed by atoms with Crippen molar-refractivity contribution in [2.45, 2.75) is 6.42 Å². The van der Waals surface area contributed by atoms with Crippen molar-refractivity contribution in [3.63, 3.8) is 0 Å². The van der Waals surface area contributed by atoms with Crippen LogP contribution in [0.3, 0.4) is 0 Å². The van der Waals surface area contributed by atoms with E-state index in [4.69, 9.17) is 0 Å². The quantitative estimate of drug-likeness (QED) is 0.589. The van der Waals surface area contributed by atoms with Gasteiger partial charge in [0.15, 0.2) is 0 Å². The summed E-state index contributed by atoms with van der Waals surface area (Å²) >= 11 is 3.83. The Morgan fingerprint density at radius 2 is 2.12 bits per heavy atom. The molecule has 8 heavy (non-hydrogen) atoms. The smallest absolute Gasteiger partial charge is 0.229 e. The SMILES string of the molecule is O=C(CCNI)NI. The molecule has 48 valence electrons. The van der Waals surface area contributed by atoms with E-state index in [0.29, 0.717) is 6.42 Å². The number of amides is 1. The van der Waals surface area contributed by atoms with E-state index in [9.17, 15) is 4.79 Å². The van der Waals surface area contributed by atoms with E-state index in [1.54, 1.807) is 0 Å². The van der Waals surface area contributed by atoms with Crippen molar-refractivity contribution in [2.24, 2.45) is 0 Å². The van der Waals surface area contributed by atoms with Crippen molar-refractivity contribution in [1.82, 2.24) is 7.06 Å². The zero-order valence-corrected chi connectivity index (χ0v) is 8.39. The maximum atomic E-state index is 10.4. The Balaban J connectivity index is 2.99. The van der Waals surface area contributed by atoms with Crippen LogP contribution in [0.4, 0.5) is 0 Å². The molecule has 0 aliphatic heterocycles. The van der Waals surface area contributed by atoms with E-state index in [0.717, 1.165) is 6.54 Å². The van der Waals surface area contributed by atoms with Gasteiger partial charge in [-0.3, -0.25) is 11.9 Å². The molecule has 0 rings (SSSR count). The highest BCUT2D eigenvalue weighted by molar-refractivity contribution is 14.1. The topological polar surface area (TPSA) is 41.1 Å². The molecule has 3 nitrogen and oxygen atoms in total. The van der Waals surface area contributed by atoms with Crippen LogP contribution in [0, 0.1) is 0 Å². The van der Waals surface area contributed by atoms with E-state index < -0.39 is 0 Å². The second-order valence-corrected chi connectivity index (χ2v) is 2.45. The Bertz CT molecular complexity index is 77.7. The maximum Gasteiger partial charge on any atom is 0.229 e. The molecular weight excluding hydrogens is 334 g/mol. The molecule has 0 heterocycles.